The molecular weight excluding hydrogens is 369 g/mol. The van der Waals surface area contributed by atoms with Crippen LogP contribution in [0, 0.1) is 5.92 Å². The van der Waals surface area contributed by atoms with Gasteiger partial charge in [0.25, 0.3) is 0 Å². The number of halogens is 3. The summed E-state index contributed by atoms with van der Waals surface area (Å²) in [6, 6.07) is 0. The quantitative estimate of drug-likeness (QED) is 0.396. The second kappa shape index (κ2) is 3.12. The Morgan fingerprint density at radius 2 is 1.91 bits per heavy atom. The predicted molar refractivity (Wildman–Crippen MR) is 63.2 cm³/mol. The summed E-state index contributed by atoms with van der Waals surface area (Å²) in [7, 11) is 0. The van der Waals surface area contributed by atoms with Gasteiger partial charge in [-0.05, 0) is 13.3 Å². The summed E-state index contributed by atoms with van der Waals surface area (Å²) in [6.45, 7) is 3.85. The number of alkyl halides is 3. The van der Waals surface area contributed by atoms with Gasteiger partial charge in [-0.3, -0.25) is 0 Å². The van der Waals surface area contributed by atoms with Crippen molar-refractivity contribution < 1.29 is 4.39 Å². The van der Waals surface area contributed by atoms with E-state index in [-0.39, 0.29) is 7.35 Å². The molecule has 0 aliphatic heterocycles. The number of hydrogen-bond acceptors (Lipinski definition) is 0. The van der Waals surface area contributed by atoms with Crippen molar-refractivity contribution in [3.8, 4) is 0 Å². The van der Waals surface area contributed by atoms with E-state index in [4.69, 9.17) is 0 Å². The Bertz CT molecular complexity index is 177. The fraction of sp³-hybridized carbons (Fsp3) is 0.750. The van der Waals surface area contributed by atoms with Crippen LogP contribution in [-0.2, 0) is 0 Å². The Kier molecular flexibility index (Phi) is 2.90. The smallest absolute Gasteiger partial charge is 0.143 e. The fourth-order valence-corrected chi connectivity index (χ4v) is 2.68. The molecule has 0 N–H and O–H groups in total. The van der Waals surface area contributed by atoms with Crippen LogP contribution < -0.4 is 0 Å². The molecule has 0 fully saturated rings. The standard InChI is InChI=1S/C8H11FI2/c1-3-8(9,6-4-5-6)7(2,10)11/h4-6H,3H2,1-2H3. The molecule has 1 unspecified atom stereocenters. The van der Waals surface area contributed by atoms with Crippen LogP contribution in [0.25, 0.3) is 0 Å². The molecule has 11 heavy (non-hydrogen) atoms. The first-order valence-electron chi connectivity index (χ1n) is 3.67. The van der Waals surface area contributed by atoms with Crippen LogP contribution >= 0.6 is 45.2 Å². The minimum absolute atomic E-state index is 0.0892. The van der Waals surface area contributed by atoms with Gasteiger partial charge in [0.05, 0.1) is 0 Å². The van der Waals surface area contributed by atoms with E-state index in [2.05, 4.69) is 45.2 Å². The van der Waals surface area contributed by atoms with E-state index in [0.717, 1.165) is 0 Å². The minimum Gasteiger partial charge on any atom is -0.241 e. The summed E-state index contributed by atoms with van der Waals surface area (Å²) in [6.07, 6.45) is 4.48. The Morgan fingerprint density at radius 3 is 2.00 bits per heavy atom. The Balaban J connectivity index is 2.74. The highest BCUT2D eigenvalue weighted by Crippen LogP contribution is 2.51. The molecule has 1 atom stereocenters. The highest BCUT2D eigenvalue weighted by atomic mass is 127. The van der Waals surface area contributed by atoms with E-state index in [1.807, 2.05) is 26.0 Å². The van der Waals surface area contributed by atoms with Gasteiger partial charge >= 0.3 is 0 Å². The highest BCUT2D eigenvalue weighted by molar-refractivity contribution is 14.2. The molecule has 0 bridgehead atoms. The minimum atomic E-state index is -1.05. The molecule has 1 rings (SSSR count). The van der Waals surface area contributed by atoms with Crippen molar-refractivity contribution in [2.24, 2.45) is 5.92 Å². The second-order valence-electron chi connectivity index (χ2n) is 3.02. The Hall–Kier alpha value is 1.13. The molecule has 0 aromatic rings. The van der Waals surface area contributed by atoms with Crippen LogP contribution in [0.5, 0.6) is 0 Å². The third-order valence-electron chi connectivity index (χ3n) is 2.16. The number of allylic oxidation sites excluding steroid dienone is 2. The lowest BCUT2D eigenvalue weighted by Crippen LogP contribution is -2.41. The van der Waals surface area contributed by atoms with Crippen LogP contribution in [-0.4, -0.2) is 7.10 Å². The van der Waals surface area contributed by atoms with Gasteiger partial charge in [-0.1, -0.05) is 64.3 Å². The van der Waals surface area contributed by atoms with Crippen molar-refractivity contribution in [2.45, 2.75) is 27.4 Å². The maximum Gasteiger partial charge on any atom is 0.143 e. The summed E-state index contributed by atoms with van der Waals surface area (Å²) >= 11 is 4.36. The largest absolute Gasteiger partial charge is 0.241 e. The number of hydrogen-bond donors (Lipinski definition) is 0. The topological polar surface area (TPSA) is 0 Å². The first-order chi connectivity index (χ1) is 4.92. The summed E-state index contributed by atoms with van der Waals surface area (Å²) < 4.78 is 13.8. The summed E-state index contributed by atoms with van der Waals surface area (Å²) in [5, 5.41) is 0. The maximum absolute atomic E-state index is 14.1. The van der Waals surface area contributed by atoms with Crippen molar-refractivity contribution in [1.82, 2.24) is 0 Å². The molecule has 0 heterocycles. The molecule has 0 saturated heterocycles. The monoisotopic (exact) mass is 380 g/mol. The molecule has 1 aliphatic rings. The molecule has 0 saturated carbocycles. The van der Waals surface area contributed by atoms with Gasteiger partial charge in [0.15, 0.2) is 0 Å². The predicted octanol–water partition coefficient (Wildman–Crippen LogP) is 3.88. The van der Waals surface area contributed by atoms with Gasteiger partial charge < -0.3 is 0 Å². The normalized spacial score (nSPS) is 23.4. The van der Waals surface area contributed by atoms with Crippen LogP contribution in [0.2, 0.25) is 0 Å². The van der Waals surface area contributed by atoms with Crippen molar-refractivity contribution in [1.29, 1.82) is 0 Å². The van der Waals surface area contributed by atoms with Crippen molar-refractivity contribution in [2.75, 3.05) is 0 Å². The zero-order valence-electron chi connectivity index (χ0n) is 6.57. The van der Waals surface area contributed by atoms with Gasteiger partial charge in [-0.15, -0.1) is 0 Å². The average molecular weight is 380 g/mol. The molecule has 0 amide bonds. The van der Waals surface area contributed by atoms with Crippen LogP contribution in [0.4, 0.5) is 4.39 Å². The molecular formula is C8H11FI2. The van der Waals surface area contributed by atoms with E-state index in [1.54, 1.807) is 0 Å². The first-order valence-corrected chi connectivity index (χ1v) is 5.82. The average Bonchev–Trinajstić information content (AvgIpc) is 2.64. The fourth-order valence-electron chi connectivity index (χ4n) is 1.20. The summed E-state index contributed by atoms with van der Waals surface area (Å²) in [5.74, 6) is 0.0892. The van der Waals surface area contributed by atoms with E-state index < -0.39 is 5.67 Å². The van der Waals surface area contributed by atoms with Gasteiger partial charge in [0, 0.05) is 5.92 Å². The number of rotatable bonds is 3. The maximum atomic E-state index is 14.1. The van der Waals surface area contributed by atoms with Gasteiger partial charge in [-0.25, -0.2) is 4.39 Å². The van der Waals surface area contributed by atoms with Gasteiger partial charge in [0.2, 0.25) is 0 Å². The molecule has 3 heteroatoms. The second-order valence-corrected chi connectivity index (χ2v) is 9.39. The zero-order chi connectivity index (χ0) is 8.70. The van der Waals surface area contributed by atoms with E-state index in [9.17, 15) is 4.39 Å². The van der Waals surface area contributed by atoms with Gasteiger partial charge in [-0.2, -0.15) is 0 Å². The highest BCUT2D eigenvalue weighted by Gasteiger charge is 2.51. The molecule has 64 valence electrons. The van der Waals surface area contributed by atoms with Crippen LogP contribution in [0.3, 0.4) is 0 Å². The summed E-state index contributed by atoms with van der Waals surface area (Å²) in [4.78, 5) is 0. The Morgan fingerprint density at radius 1 is 1.45 bits per heavy atom. The molecule has 1 aliphatic carbocycles. The van der Waals surface area contributed by atoms with Gasteiger partial charge in [0.1, 0.15) is 7.10 Å². The lowest BCUT2D eigenvalue weighted by molar-refractivity contribution is 0.139. The lowest BCUT2D eigenvalue weighted by atomic mass is 9.92. The molecule has 0 aromatic carbocycles. The Labute approximate surface area is 94.3 Å². The van der Waals surface area contributed by atoms with Crippen LogP contribution in [0.15, 0.2) is 12.2 Å². The zero-order valence-corrected chi connectivity index (χ0v) is 10.9. The third kappa shape index (κ3) is 1.89. The van der Waals surface area contributed by atoms with Crippen molar-refractivity contribution in [3.05, 3.63) is 12.2 Å². The van der Waals surface area contributed by atoms with Crippen molar-refractivity contribution in [3.63, 3.8) is 0 Å². The van der Waals surface area contributed by atoms with E-state index in [1.165, 1.54) is 0 Å². The van der Waals surface area contributed by atoms with Crippen LogP contribution in [0.1, 0.15) is 20.3 Å². The van der Waals surface area contributed by atoms with E-state index >= 15 is 0 Å². The molecule has 0 radical (unpaired) electrons. The molecule has 0 spiro atoms. The third-order valence-corrected chi connectivity index (χ3v) is 3.95. The molecule has 0 aromatic heterocycles. The SMILES string of the molecule is CCC(F)(C1C=C1)C(C)(I)I. The lowest BCUT2D eigenvalue weighted by Gasteiger charge is -2.34. The summed E-state index contributed by atoms with van der Waals surface area (Å²) in [5.41, 5.74) is -1.05. The van der Waals surface area contributed by atoms with Crippen molar-refractivity contribution >= 4 is 45.2 Å². The molecule has 0 nitrogen and oxygen atoms in total. The van der Waals surface area contributed by atoms with E-state index in [0.29, 0.717) is 6.42 Å². The first kappa shape index (κ1) is 10.2.